The average molecular weight is 368 g/mol. The minimum absolute atomic E-state index is 0.205. The van der Waals surface area contributed by atoms with Gasteiger partial charge in [0.2, 0.25) is 0 Å². The lowest BCUT2D eigenvalue weighted by atomic mass is 9.85. The molecule has 1 aliphatic carbocycles. The number of hydrogen-bond acceptors (Lipinski definition) is 5. The van der Waals surface area contributed by atoms with E-state index in [1.807, 2.05) is 33.8 Å². The fourth-order valence-corrected chi connectivity index (χ4v) is 3.56. The number of nitrogens with zero attached hydrogens (tertiary/aromatic N) is 4. The summed E-state index contributed by atoms with van der Waals surface area (Å²) in [6.07, 6.45) is 6.65. The maximum Gasteiger partial charge on any atom is 0.310 e. The number of rotatable bonds is 5. The molecule has 0 bridgehead atoms. The zero-order chi connectivity index (χ0) is 19.6. The summed E-state index contributed by atoms with van der Waals surface area (Å²) in [5.41, 5.74) is 4.35. The average Bonchev–Trinajstić information content (AvgIpc) is 2.88. The number of hydrogen-bond donors (Lipinski definition) is 0. The van der Waals surface area contributed by atoms with E-state index >= 15 is 0 Å². The van der Waals surface area contributed by atoms with Crippen molar-refractivity contribution in [2.75, 3.05) is 6.61 Å². The van der Waals surface area contributed by atoms with Crippen LogP contribution in [0.5, 0.6) is 0 Å². The normalized spacial score (nSPS) is 19.3. The second kappa shape index (κ2) is 8.03. The molecule has 0 amide bonds. The maximum absolute atomic E-state index is 12.4. The number of allylic oxidation sites excluding steroid dienone is 2. The molecular formula is C21H28N4O2. The van der Waals surface area contributed by atoms with Gasteiger partial charge in [0.15, 0.2) is 0 Å². The van der Waals surface area contributed by atoms with Gasteiger partial charge in [0.05, 0.1) is 18.7 Å². The van der Waals surface area contributed by atoms with Gasteiger partial charge >= 0.3 is 5.97 Å². The SMILES string of the molecule is Cc1cc(C)nc(-n2nc(C)c(CC(=O)OCC3CC=CCC3C)c2C)n1. The highest BCUT2D eigenvalue weighted by molar-refractivity contribution is 5.73. The number of carbonyl (C=O) groups is 1. The quantitative estimate of drug-likeness (QED) is 0.596. The molecule has 2 atom stereocenters. The zero-order valence-corrected chi connectivity index (χ0v) is 16.8. The lowest BCUT2D eigenvalue weighted by Crippen LogP contribution is -2.22. The van der Waals surface area contributed by atoms with E-state index < -0.39 is 0 Å². The van der Waals surface area contributed by atoms with Crippen molar-refractivity contribution < 1.29 is 9.53 Å². The third kappa shape index (κ3) is 4.43. The number of aryl methyl sites for hydroxylation is 3. The molecule has 6 heteroatoms. The van der Waals surface area contributed by atoms with Crippen LogP contribution in [0, 0.1) is 39.5 Å². The van der Waals surface area contributed by atoms with E-state index in [0.717, 1.165) is 41.2 Å². The van der Waals surface area contributed by atoms with Gasteiger partial charge in [-0.25, -0.2) is 14.6 Å². The smallest absolute Gasteiger partial charge is 0.310 e. The van der Waals surface area contributed by atoms with Crippen LogP contribution < -0.4 is 0 Å². The van der Waals surface area contributed by atoms with Crippen molar-refractivity contribution in [2.24, 2.45) is 11.8 Å². The second-order valence-electron chi connectivity index (χ2n) is 7.55. The molecule has 2 unspecified atom stereocenters. The summed E-state index contributed by atoms with van der Waals surface area (Å²) in [5.74, 6) is 1.29. The van der Waals surface area contributed by atoms with Crippen LogP contribution in [0.4, 0.5) is 0 Å². The predicted molar refractivity (Wildman–Crippen MR) is 104 cm³/mol. The Labute approximate surface area is 160 Å². The van der Waals surface area contributed by atoms with Crippen LogP contribution in [0.15, 0.2) is 18.2 Å². The standard InChI is InChI=1S/C21H28N4O2/c1-13-8-6-7-9-18(13)12-27-20(26)11-19-16(4)24-25(17(19)5)21-22-14(2)10-15(3)23-21/h6-7,10,13,18H,8-9,11-12H2,1-5H3. The summed E-state index contributed by atoms with van der Waals surface area (Å²) in [4.78, 5) is 21.4. The molecule has 0 radical (unpaired) electrons. The van der Waals surface area contributed by atoms with Gasteiger partial charge in [0.1, 0.15) is 0 Å². The molecule has 0 aliphatic heterocycles. The summed E-state index contributed by atoms with van der Waals surface area (Å²) < 4.78 is 7.29. The molecule has 1 aliphatic rings. The van der Waals surface area contributed by atoms with E-state index in [1.165, 1.54) is 0 Å². The van der Waals surface area contributed by atoms with Crippen molar-refractivity contribution in [2.45, 2.75) is 53.9 Å². The van der Waals surface area contributed by atoms with Crippen LogP contribution >= 0.6 is 0 Å². The van der Waals surface area contributed by atoms with Crippen molar-refractivity contribution in [1.29, 1.82) is 0 Å². The lowest BCUT2D eigenvalue weighted by Gasteiger charge is -2.24. The molecular weight excluding hydrogens is 340 g/mol. The molecule has 3 rings (SSSR count). The van der Waals surface area contributed by atoms with Crippen molar-refractivity contribution in [3.8, 4) is 5.95 Å². The first-order valence-electron chi connectivity index (χ1n) is 9.53. The van der Waals surface area contributed by atoms with Crippen LogP contribution in [0.2, 0.25) is 0 Å². The van der Waals surface area contributed by atoms with Crippen molar-refractivity contribution in [1.82, 2.24) is 19.7 Å². The molecule has 2 aromatic heterocycles. The van der Waals surface area contributed by atoms with Crippen molar-refractivity contribution in [3.05, 3.63) is 46.6 Å². The molecule has 144 valence electrons. The third-order valence-corrected chi connectivity index (χ3v) is 5.30. The van der Waals surface area contributed by atoms with Gasteiger partial charge in [-0.2, -0.15) is 5.10 Å². The van der Waals surface area contributed by atoms with Crippen molar-refractivity contribution >= 4 is 5.97 Å². The first-order chi connectivity index (χ1) is 12.8. The molecule has 0 saturated heterocycles. The largest absolute Gasteiger partial charge is 0.465 e. The summed E-state index contributed by atoms with van der Waals surface area (Å²) in [6, 6.07) is 1.93. The third-order valence-electron chi connectivity index (χ3n) is 5.30. The van der Waals surface area contributed by atoms with Crippen LogP contribution in [-0.2, 0) is 16.0 Å². The molecule has 27 heavy (non-hydrogen) atoms. The first kappa shape index (κ1) is 19.3. The molecule has 0 N–H and O–H groups in total. The highest BCUT2D eigenvalue weighted by Crippen LogP contribution is 2.25. The molecule has 0 saturated carbocycles. The Morgan fingerprint density at radius 2 is 1.81 bits per heavy atom. The molecule has 2 heterocycles. The summed E-state index contributed by atoms with van der Waals surface area (Å²) in [6.45, 7) is 10.4. The minimum Gasteiger partial charge on any atom is -0.465 e. The van der Waals surface area contributed by atoms with Gasteiger partial charge in [-0.05, 0) is 58.4 Å². The molecule has 0 fully saturated rings. The van der Waals surface area contributed by atoms with Gasteiger partial charge in [-0.3, -0.25) is 4.79 Å². The van der Waals surface area contributed by atoms with Gasteiger partial charge in [0, 0.05) is 22.6 Å². The lowest BCUT2D eigenvalue weighted by molar-refractivity contribution is -0.144. The van der Waals surface area contributed by atoms with E-state index in [9.17, 15) is 4.79 Å². The van der Waals surface area contributed by atoms with Crippen LogP contribution in [0.3, 0.4) is 0 Å². The van der Waals surface area contributed by atoms with E-state index in [0.29, 0.717) is 24.4 Å². The van der Waals surface area contributed by atoms with E-state index in [4.69, 9.17) is 4.74 Å². The summed E-state index contributed by atoms with van der Waals surface area (Å²) >= 11 is 0. The highest BCUT2D eigenvalue weighted by atomic mass is 16.5. The van der Waals surface area contributed by atoms with E-state index in [-0.39, 0.29) is 12.4 Å². The number of esters is 1. The number of aromatic nitrogens is 4. The Balaban J connectivity index is 1.71. The van der Waals surface area contributed by atoms with E-state index in [1.54, 1.807) is 4.68 Å². The van der Waals surface area contributed by atoms with Crippen LogP contribution in [-0.4, -0.2) is 32.3 Å². The number of ether oxygens (including phenoxy) is 1. The topological polar surface area (TPSA) is 69.9 Å². The van der Waals surface area contributed by atoms with Gasteiger partial charge in [-0.15, -0.1) is 0 Å². The van der Waals surface area contributed by atoms with Gasteiger partial charge < -0.3 is 4.74 Å². The second-order valence-corrected chi connectivity index (χ2v) is 7.55. The summed E-state index contributed by atoms with van der Waals surface area (Å²) in [5, 5.41) is 4.55. The fourth-order valence-electron chi connectivity index (χ4n) is 3.56. The molecule has 2 aromatic rings. The highest BCUT2D eigenvalue weighted by Gasteiger charge is 2.22. The van der Waals surface area contributed by atoms with E-state index in [2.05, 4.69) is 34.1 Å². The fraction of sp³-hybridized carbons (Fsp3) is 0.524. The Morgan fingerprint density at radius 3 is 2.48 bits per heavy atom. The molecule has 6 nitrogen and oxygen atoms in total. The van der Waals surface area contributed by atoms with Gasteiger partial charge in [-0.1, -0.05) is 19.1 Å². The Kier molecular flexibility index (Phi) is 5.73. The van der Waals surface area contributed by atoms with Crippen LogP contribution in [0.25, 0.3) is 5.95 Å². The Morgan fingerprint density at radius 1 is 1.15 bits per heavy atom. The first-order valence-corrected chi connectivity index (χ1v) is 9.53. The summed E-state index contributed by atoms with van der Waals surface area (Å²) in [7, 11) is 0. The molecule has 0 spiro atoms. The van der Waals surface area contributed by atoms with Crippen molar-refractivity contribution in [3.63, 3.8) is 0 Å². The Bertz CT molecular complexity index is 849. The monoisotopic (exact) mass is 368 g/mol. The predicted octanol–water partition coefficient (Wildman–Crippen LogP) is 3.58. The molecule has 0 aromatic carbocycles. The van der Waals surface area contributed by atoms with Crippen LogP contribution in [0.1, 0.15) is 48.1 Å². The minimum atomic E-state index is -0.205. The Hall–Kier alpha value is -2.50. The zero-order valence-electron chi connectivity index (χ0n) is 16.8. The van der Waals surface area contributed by atoms with Gasteiger partial charge in [0.25, 0.3) is 5.95 Å². The number of carbonyl (C=O) groups excluding carboxylic acids is 1. The maximum atomic E-state index is 12.4.